The molecule has 1 heterocycles. The minimum absolute atomic E-state index is 0.220. The van der Waals surface area contributed by atoms with Gasteiger partial charge in [0.05, 0.1) is 5.56 Å². The number of nitrogens with two attached hydrogens (primary N) is 1. The third-order valence-electron chi connectivity index (χ3n) is 3.50. The van der Waals surface area contributed by atoms with Gasteiger partial charge in [-0.25, -0.2) is 0 Å². The first kappa shape index (κ1) is 14.1. The van der Waals surface area contributed by atoms with Gasteiger partial charge in [-0.2, -0.15) is 0 Å². The van der Waals surface area contributed by atoms with Gasteiger partial charge in [-0.05, 0) is 41.7 Å². The Morgan fingerprint density at radius 3 is 2.76 bits per heavy atom. The van der Waals surface area contributed by atoms with Gasteiger partial charge in [-0.15, -0.1) is 11.3 Å². The van der Waals surface area contributed by atoms with Crippen molar-refractivity contribution in [1.29, 1.82) is 0 Å². The smallest absolute Gasteiger partial charge is 0.252 e. The fourth-order valence-electron chi connectivity index (χ4n) is 2.67. The van der Waals surface area contributed by atoms with Crippen LogP contribution in [0.25, 0.3) is 10.4 Å². The molecule has 0 aliphatic heterocycles. The summed E-state index contributed by atoms with van der Waals surface area (Å²) in [5, 5.41) is 3.87. The van der Waals surface area contributed by atoms with Gasteiger partial charge in [-0.3, -0.25) is 9.59 Å². The molecule has 108 valence electrons. The average Bonchev–Trinajstić information content (AvgIpc) is 2.76. The molecule has 2 aromatic rings. The van der Waals surface area contributed by atoms with Crippen molar-refractivity contribution in [2.75, 3.05) is 5.32 Å². The van der Waals surface area contributed by atoms with Gasteiger partial charge in [0.15, 0.2) is 0 Å². The number of amides is 2. The van der Waals surface area contributed by atoms with Gasteiger partial charge < -0.3 is 11.1 Å². The normalized spacial score (nSPS) is 12.5. The van der Waals surface area contributed by atoms with Gasteiger partial charge in [0, 0.05) is 16.8 Å². The molecule has 6 heteroatoms. The number of primary amides is 1. The van der Waals surface area contributed by atoms with E-state index in [1.54, 1.807) is 0 Å². The van der Waals surface area contributed by atoms with Gasteiger partial charge >= 0.3 is 0 Å². The second kappa shape index (κ2) is 5.16. The summed E-state index contributed by atoms with van der Waals surface area (Å²) in [4.78, 5) is 24.1. The number of thiophene rings is 1. The molecule has 0 spiro atoms. The number of benzene rings is 1. The van der Waals surface area contributed by atoms with Crippen molar-refractivity contribution >= 4 is 39.8 Å². The molecule has 1 aliphatic rings. The number of carbonyl (C=O) groups is 2. The van der Waals surface area contributed by atoms with Crippen LogP contribution >= 0.6 is 22.9 Å². The lowest BCUT2D eigenvalue weighted by Crippen LogP contribution is -2.17. The quantitative estimate of drug-likeness (QED) is 0.891. The van der Waals surface area contributed by atoms with Crippen molar-refractivity contribution < 1.29 is 9.59 Å². The number of nitrogens with one attached hydrogen (secondary N) is 1. The van der Waals surface area contributed by atoms with Crippen molar-refractivity contribution in [2.45, 2.75) is 19.8 Å². The van der Waals surface area contributed by atoms with Crippen molar-refractivity contribution in [1.82, 2.24) is 0 Å². The molecule has 1 aromatic heterocycles. The predicted octanol–water partition coefficient (Wildman–Crippen LogP) is 3.22. The van der Waals surface area contributed by atoms with Crippen LogP contribution in [0.5, 0.6) is 0 Å². The standard InChI is InChI=1S/C15H13ClN2O2S/c1-7(19)18-15-12(14(17)20)10-5-3-8-2-4-9(16)6-11(8)13(10)21-15/h2,4,6H,3,5H2,1H3,(H2,17,20)(H,18,19). The van der Waals surface area contributed by atoms with Crippen LogP contribution in [-0.2, 0) is 17.6 Å². The lowest BCUT2D eigenvalue weighted by Gasteiger charge is -2.17. The number of halogens is 1. The molecule has 21 heavy (non-hydrogen) atoms. The Hall–Kier alpha value is -1.85. The topological polar surface area (TPSA) is 72.2 Å². The number of aryl methyl sites for hydroxylation is 1. The molecule has 1 aromatic carbocycles. The van der Waals surface area contributed by atoms with E-state index in [-0.39, 0.29) is 5.91 Å². The molecule has 2 amide bonds. The Labute approximate surface area is 130 Å². The van der Waals surface area contributed by atoms with E-state index in [1.807, 2.05) is 18.2 Å². The van der Waals surface area contributed by atoms with E-state index in [4.69, 9.17) is 17.3 Å². The second-order valence-electron chi connectivity index (χ2n) is 4.96. The first-order valence-electron chi connectivity index (χ1n) is 6.49. The van der Waals surface area contributed by atoms with Crippen LogP contribution in [0.4, 0.5) is 5.00 Å². The molecule has 4 nitrogen and oxygen atoms in total. The highest BCUT2D eigenvalue weighted by atomic mass is 35.5. The van der Waals surface area contributed by atoms with Crippen LogP contribution in [0.2, 0.25) is 5.02 Å². The van der Waals surface area contributed by atoms with E-state index in [0.29, 0.717) is 15.6 Å². The zero-order valence-electron chi connectivity index (χ0n) is 11.3. The largest absolute Gasteiger partial charge is 0.365 e. The minimum atomic E-state index is -0.512. The number of rotatable bonds is 2. The van der Waals surface area contributed by atoms with Gasteiger partial charge in [0.1, 0.15) is 5.00 Å². The molecule has 0 fully saturated rings. The molecule has 1 aliphatic carbocycles. The Kier molecular flexibility index (Phi) is 3.47. The van der Waals surface area contributed by atoms with Crippen LogP contribution in [0.15, 0.2) is 18.2 Å². The fraction of sp³-hybridized carbons (Fsp3) is 0.200. The highest BCUT2D eigenvalue weighted by molar-refractivity contribution is 7.20. The summed E-state index contributed by atoms with van der Waals surface area (Å²) in [5.74, 6) is -0.732. The van der Waals surface area contributed by atoms with Crippen LogP contribution < -0.4 is 11.1 Å². The van der Waals surface area contributed by atoms with Gasteiger partial charge in [0.2, 0.25) is 5.91 Å². The highest BCUT2D eigenvalue weighted by Gasteiger charge is 2.27. The van der Waals surface area contributed by atoms with Crippen LogP contribution in [0.3, 0.4) is 0 Å². The van der Waals surface area contributed by atoms with Gasteiger partial charge in [-0.1, -0.05) is 17.7 Å². The van der Waals surface area contributed by atoms with Crippen molar-refractivity contribution in [2.24, 2.45) is 5.73 Å². The third-order valence-corrected chi connectivity index (χ3v) is 4.92. The molecule has 0 unspecified atom stereocenters. The van der Waals surface area contributed by atoms with Crippen LogP contribution in [0, 0.1) is 0 Å². The molecular weight excluding hydrogens is 308 g/mol. The number of hydrogen-bond acceptors (Lipinski definition) is 3. The number of hydrogen-bond donors (Lipinski definition) is 2. The summed E-state index contributed by atoms with van der Waals surface area (Å²) in [7, 11) is 0. The molecule has 0 atom stereocenters. The van der Waals surface area contributed by atoms with Crippen molar-refractivity contribution in [3.63, 3.8) is 0 Å². The maximum absolute atomic E-state index is 11.8. The molecule has 0 saturated heterocycles. The number of fused-ring (bicyclic) bond motifs is 3. The first-order chi connectivity index (χ1) is 9.97. The van der Waals surface area contributed by atoms with E-state index in [0.717, 1.165) is 28.8 Å². The lowest BCUT2D eigenvalue weighted by molar-refractivity contribution is -0.114. The Morgan fingerprint density at radius 1 is 1.33 bits per heavy atom. The maximum atomic E-state index is 11.8. The molecule has 0 bridgehead atoms. The Bertz CT molecular complexity index is 767. The van der Waals surface area contributed by atoms with E-state index in [2.05, 4.69) is 5.32 Å². The lowest BCUT2D eigenvalue weighted by atomic mass is 9.89. The average molecular weight is 321 g/mol. The summed E-state index contributed by atoms with van der Waals surface area (Å²) in [6.07, 6.45) is 1.56. The molecular formula is C15H13ClN2O2S. The molecule has 0 saturated carbocycles. The molecule has 3 rings (SSSR count). The SMILES string of the molecule is CC(=O)Nc1sc2c(c1C(N)=O)CCc1ccc(Cl)cc1-2. The minimum Gasteiger partial charge on any atom is -0.365 e. The predicted molar refractivity (Wildman–Crippen MR) is 85.0 cm³/mol. The van der Waals surface area contributed by atoms with Crippen molar-refractivity contribution in [3.8, 4) is 10.4 Å². The molecule has 0 radical (unpaired) electrons. The molecule has 3 N–H and O–H groups in total. The summed E-state index contributed by atoms with van der Waals surface area (Å²) < 4.78 is 0. The Morgan fingerprint density at radius 2 is 2.10 bits per heavy atom. The number of anilines is 1. The van der Waals surface area contributed by atoms with Crippen LogP contribution in [0.1, 0.15) is 28.4 Å². The monoisotopic (exact) mass is 320 g/mol. The maximum Gasteiger partial charge on any atom is 0.252 e. The van der Waals surface area contributed by atoms with E-state index in [9.17, 15) is 9.59 Å². The summed E-state index contributed by atoms with van der Waals surface area (Å²) in [5.41, 5.74) is 9.05. The van der Waals surface area contributed by atoms with Crippen LogP contribution in [-0.4, -0.2) is 11.8 Å². The second-order valence-corrected chi connectivity index (χ2v) is 6.42. The zero-order valence-corrected chi connectivity index (χ0v) is 12.9. The highest BCUT2D eigenvalue weighted by Crippen LogP contribution is 2.45. The third kappa shape index (κ3) is 2.43. The fourth-order valence-corrected chi connectivity index (χ4v) is 4.19. The van der Waals surface area contributed by atoms with E-state index >= 15 is 0 Å². The van der Waals surface area contributed by atoms with Gasteiger partial charge in [0.25, 0.3) is 5.91 Å². The summed E-state index contributed by atoms with van der Waals surface area (Å²) in [6, 6.07) is 5.76. The van der Waals surface area contributed by atoms with Crippen molar-refractivity contribution in [3.05, 3.63) is 39.9 Å². The number of carbonyl (C=O) groups excluding carboxylic acids is 2. The first-order valence-corrected chi connectivity index (χ1v) is 7.68. The van der Waals surface area contributed by atoms with E-state index < -0.39 is 5.91 Å². The summed E-state index contributed by atoms with van der Waals surface area (Å²) in [6.45, 7) is 1.41. The Balaban J connectivity index is 2.23. The zero-order chi connectivity index (χ0) is 15.1. The summed E-state index contributed by atoms with van der Waals surface area (Å²) >= 11 is 7.46. The van der Waals surface area contributed by atoms with E-state index in [1.165, 1.54) is 23.8 Å².